The molecule has 0 aromatic carbocycles. The van der Waals surface area contributed by atoms with E-state index in [2.05, 4.69) is 118 Å². The maximum Gasteiger partial charge on any atom is 0.306 e. The van der Waals surface area contributed by atoms with E-state index in [9.17, 15) is 14.4 Å². The average molecular weight is 1140 g/mol. The fourth-order valence-corrected chi connectivity index (χ4v) is 10.1. The zero-order valence-corrected chi connectivity index (χ0v) is 54.2. The van der Waals surface area contributed by atoms with Gasteiger partial charge in [0.1, 0.15) is 13.2 Å². The lowest BCUT2D eigenvalue weighted by Crippen LogP contribution is -2.30. The van der Waals surface area contributed by atoms with Crippen LogP contribution < -0.4 is 0 Å². The standard InChI is InChI=1S/C76H132O6/c1-4-7-10-13-16-19-21-23-25-27-29-31-33-35-36-37-38-39-40-41-43-44-46-48-50-52-54-57-60-63-66-69-75(78)81-72-73(71-80-74(77)68-65-62-59-56-18-15-12-9-6-3)82-76(79)70-67-64-61-58-55-53-51-49-47-45-42-34-32-30-28-26-24-22-20-17-14-11-8-5-2/h7,10,16,19,23,25,29,31,35-36,38-39,41,43,46,48,73H,4-6,8-9,11-15,17-18,20-22,24,26-28,30,32-34,37,40,42,44-45,47,49-72H2,1-3H3/b10-7-,19-16-,25-23-,31-29-,36-35-,39-38-,43-41-,48-46-. The number of hydrogen-bond acceptors (Lipinski definition) is 6. The molecule has 0 aliphatic rings. The van der Waals surface area contributed by atoms with Crippen molar-refractivity contribution in [1.29, 1.82) is 0 Å². The molecule has 0 amide bonds. The summed E-state index contributed by atoms with van der Waals surface area (Å²) in [4.78, 5) is 38.3. The van der Waals surface area contributed by atoms with Crippen LogP contribution in [-0.4, -0.2) is 37.2 Å². The number of unbranched alkanes of at least 4 members (excludes halogenated alkanes) is 37. The average Bonchev–Trinajstić information content (AvgIpc) is 3.48. The molecule has 0 aromatic heterocycles. The van der Waals surface area contributed by atoms with Crippen molar-refractivity contribution in [2.45, 2.75) is 354 Å². The van der Waals surface area contributed by atoms with Gasteiger partial charge in [-0.15, -0.1) is 0 Å². The fraction of sp³-hybridized carbons (Fsp3) is 0.750. The van der Waals surface area contributed by atoms with Crippen LogP contribution in [0.1, 0.15) is 348 Å². The van der Waals surface area contributed by atoms with Gasteiger partial charge >= 0.3 is 17.9 Å². The number of ether oxygens (including phenoxy) is 3. The van der Waals surface area contributed by atoms with E-state index in [1.807, 2.05) is 0 Å². The Kier molecular flexibility index (Phi) is 66.7. The van der Waals surface area contributed by atoms with Gasteiger partial charge in [0.2, 0.25) is 0 Å². The number of carbonyl (C=O) groups excluding carboxylic acids is 3. The van der Waals surface area contributed by atoms with Crippen LogP contribution in [0.3, 0.4) is 0 Å². The second-order valence-electron chi connectivity index (χ2n) is 23.4. The van der Waals surface area contributed by atoms with Crippen molar-refractivity contribution in [3.8, 4) is 0 Å². The van der Waals surface area contributed by atoms with E-state index in [1.54, 1.807) is 0 Å². The molecule has 6 heteroatoms. The van der Waals surface area contributed by atoms with Crippen molar-refractivity contribution in [2.75, 3.05) is 13.2 Å². The van der Waals surface area contributed by atoms with Gasteiger partial charge in [0.05, 0.1) is 0 Å². The summed E-state index contributed by atoms with van der Waals surface area (Å²) in [6.07, 6.45) is 94.5. The highest BCUT2D eigenvalue weighted by atomic mass is 16.6. The molecule has 0 spiro atoms. The first kappa shape index (κ1) is 78.3. The van der Waals surface area contributed by atoms with Crippen LogP contribution in [0.2, 0.25) is 0 Å². The minimum Gasteiger partial charge on any atom is -0.462 e. The van der Waals surface area contributed by atoms with E-state index >= 15 is 0 Å². The first-order valence-electron chi connectivity index (χ1n) is 35.2. The molecular formula is C76H132O6. The third-order valence-corrected chi connectivity index (χ3v) is 15.4. The van der Waals surface area contributed by atoms with Crippen LogP contribution >= 0.6 is 0 Å². The van der Waals surface area contributed by atoms with Crippen molar-refractivity contribution in [3.05, 3.63) is 97.2 Å². The molecule has 0 fully saturated rings. The molecule has 0 aliphatic carbocycles. The van der Waals surface area contributed by atoms with Crippen LogP contribution in [0, 0.1) is 0 Å². The molecule has 0 aromatic rings. The molecule has 0 aliphatic heterocycles. The Morgan fingerprint density at radius 3 is 0.744 bits per heavy atom. The first-order valence-corrected chi connectivity index (χ1v) is 35.2. The SMILES string of the molecule is CC/C=C\C/C=C\C/C=C\C/C=C\C/C=C\C/C=C\C/C=C\C/C=C\CCCCCCCCC(=O)OCC(COC(=O)CCCCCCCCCCC)OC(=O)CCCCCCCCCCCCCCCCCCCCCCCCCC. The zero-order valence-electron chi connectivity index (χ0n) is 54.2. The highest BCUT2D eigenvalue weighted by Gasteiger charge is 2.19. The van der Waals surface area contributed by atoms with Crippen molar-refractivity contribution >= 4 is 17.9 Å². The summed E-state index contributed by atoms with van der Waals surface area (Å²) in [5.74, 6) is -0.879. The Hall–Kier alpha value is -3.67. The molecule has 1 atom stereocenters. The molecule has 0 heterocycles. The van der Waals surface area contributed by atoms with E-state index in [4.69, 9.17) is 14.2 Å². The number of hydrogen-bond donors (Lipinski definition) is 0. The Morgan fingerprint density at radius 2 is 0.476 bits per heavy atom. The van der Waals surface area contributed by atoms with E-state index in [0.29, 0.717) is 19.3 Å². The predicted octanol–water partition coefficient (Wildman–Crippen LogP) is 24.4. The largest absolute Gasteiger partial charge is 0.462 e. The number of esters is 3. The summed E-state index contributed by atoms with van der Waals surface area (Å²) < 4.78 is 16.9. The lowest BCUT2D eigenvalue weighted by molar-refractivity contribution is -0.167. The van der Waals surface area contributed by atoms with Crippen LogP contribution in [-0.2, 0) is 28.6 Å². The Bertz CT molecular complexity index is 1590. The van der Waals surface area contributed by atoms with E-state index in [-0.39, 0.29) is 31.1 Å². The maximum atomic E-state index is 12.9. The van der Waals surface area contributed by atoms with Crippen LogP contribution in [0.15, 0.2) is 97.2 Å². The minimum absolute atomic E-state index is 0.0777. The predicted molar refractivity (Wildman–Crippen MR) is 357 cm³/mol. The first-order chi connectivity index (χ1) is 40.5. The van der Waals surface area contributed by atoms with Crippen molar-refractivity contribution in [1.82, 2.24) is 0 Å². The summed E-state index contributed by atoms with van der Waals surface area (Å²) in [6, 6.07) is 0. The molecule has 0 saturated heterocycles. The summed E-state index contributed by atoms with van der Waals surface area (Å²) in [5, 5.41) is 0. The van der Waals surface area contributed by atoms with Gasteiger partial charge < -0.3 is 14.2 Å². The molecule has 472 valence electrons. The lowest BCUT2D eigenvalue weighted by atomic mass is 10.0. The molecule has 0 radical (unpaired) electrons. The number of rotatable bonds is 64. The molecular weight excluding hydrogens is 1010 g/mol. The minimum atomic E-state index is -0.781. The quantitative estimate of drug-likeness (QED) is 0.0261. The van der Waals surface area contributed by atoms with Gasteiger partial charge in [-0.1, -0.05) is 343 Å². The Balaban J connectivity index is 4.20. The normalized spacial score (nSPS) is 12.7. The molecule has 0 N–H and O–H groups in total. The van der Waals surface area contributed by atoms with E-state index < -0.39 is 6.10 Å². The Labute approximate surface area is 508 Å². The van der Waals surface area contributed by atoms with E-state index in [0.717, 1.165) is 122 Å². The van der Waals surface area contributed by atoms with Gasteiger partial charge in [0.25, 0.3) is 0 Å². The van der Waals surface area contributed by atoms with Crippen molar-refractivity contribution < 1.29 is 28.6 Å². The monoisotopic (exact) mass is 1140 g/mol. The van der Waals surface area contributed by atoms with E-state index in [1.165, 1.54) is 186 Å². The summed E-state index contributed by atoms with van der Waals surface area (Å²) >= 11 is 0. The smallest absolute Gasteiger partial charge is 0.306 e. The van der Waals surface area contributed by atoms with Crippen LogP contribution in [0.4, 0.5) is 0 Å². The second kappa shape index (κ2) is 69.8. The van der Waals surface area contributed by atoms with Crippen molar-refractivity contribution in [3.63, 3.8) is 0 Å². The van der Waals surface area contributed by atoms with Gasteiger partial charge in [-0.2, -0.15) is 0 Å². The van der Waals surface area contributed by atoms with Gasteiger partial charge in [0, 0.05) is 19.3 Å². The van der Waals surface area contributed by atoms with Gasteiger partial charge in [0.15, 0.2) is 6.10 Å². The van der Waals surface area contributed by atoms with Gasteiger partial charge in [-0.3, -0.25) is 14.4 Å². The van der Waals surface area contributed by atoms with Gasteiger partial charge in [-0.05, 0) is 83.5 Å². The second-order valence-corrected chi connectivity index (χ2v) is 23.4. The third kappa shape index (κ3) is 67.1. The zero-order chi connectivity index (χ0) is 59.2. The van der Waals surface area contributed by atoms with Crippen molar-refractivity contribution in [2.24, 2.45) is 0 Å². The molecule has 82 heavy (non-hydrogen) atoms. The third-order valence-electron chi connectivity index (χ3n) is 15.4. The molecule has 0 rings (SSSR count). The molecule has 0 saturated carbocycles. The fourth-order valence-electron chi connectivity index (χ4n) is 10.1. The van der Waals surface area contributed by atoms with Crippen LogP contribution in [0.25, 0.3) is 0 Å². The Morgan fingerprint density at radius 1 is 0.256 bits per heavy atom. The highest BCUT2D eigenvalue weighted by molar-refractivity contribution is 5.71. The lowest BCUT2D eigenvalue weighted by Gasteiger charge is -2.18. The van der Waals surface area contributed by atoms with Crippen LogP contribution in [0.5, 0.6) is 0 Å². The summed E-state index contributed by atoms with van der Waals surface area (Å²) in [6.45, 7) is 6.54. The molecule has 1 unspecified atom stereocenters. The molecule has 0 bridgehead atoms. The number of allylic oxidation sites excluding steroid dienone is 16. The summed E-state index contributed by atoms with van der Waals surface area (Å²) in [5.41, 5.74) is 0. The molecule has 6 nitrogen and oxygen atoms in total. The maximum absolute atomic E-state index is 12.9. The topological polar surface area (TPSA) is 78.9 Å². The highest BCUT2D eigenvalue weighted by Crippen LogP contribution is 2.18. The number of carbonyl (C=O) groups is 3. The van der Waals surface area contributed by atoms with Gasteiger partial charge in [-0.25, -0.2) is 0 Å². The summed E-state index contributed by atoms with van der Waals surface area (Å²) in [7, 11) is 0.